The maximum atomic E-state index is 11.6. The summed E-state index contributed by atoms with van der Waals surface area (Å²) < 4.78 is 9.47. The Kier molecular flexibility index (Phi) is 10.4. The molecule has 118 valence electrons. The van der Waals surface area contributed by atoms with Crippen molar-refractivity contribution in [3.63, 3.8) is 0 Å². The van der Waals surface area contributed by atoms with Gasteiger partial charge in [0.2, 0.25) is 0 Å². The third-order valence-corrected chi connectivity index (χ3v) is 2.04. The van der Waals surface area contributed by atoms with Crippen LogP contribution in [0.4, 0.5) is 0 Å². The van der Waals surface area contributed by atoms with E-state index in [-0.39, 0.29) is 32.6 Å². The van der Waals surface area contributed by atoms with Crippen molar-refractivity contribution >= 4 is 17.9 Å². The molecule has 0 amide bonds. The summed E-state index contributed by atoms with van der Waals surface area (Å²) in [6, 6.07) is 0. The lowest BCUT2D eigenvalue weighted by molar-refractivity contribution is -0.159. The van der Waals surface area contributed by atoms with E-state index in [1.165, 1.54) is 0 Å². The number of carboxylic acids is 2. The van der Waals surface area contributed by atoms with Gasteiger partial charge in [0, 0.05) is 0 Å². The first-order valence-electron chi connectivity index (χ1n) is 5.40. The number of aliphatic carboxylic acids is 2. The zero-order valence-electron chi connectivity index (χ0n) is 10.9. The smallest absolute Gasteiger partial charge is 0.327 e. The summed E-state index contributed by atoms with van der Waals surface area (Å²) in [5, 5.41) is 25.7. The maximum absolute atomic E-state index is 11.6. The molecular weight excluding hydrogens is 276 g/mol. The van der Waals surface area contributed by atoms with E-state index in [2.05, 4.69) is 4.74 Å². The van der Waals surface area contributed by atoms with Gasteiger partial charge in [-0.05, 0) is 0 Å². The number of carboxylic acid groups (broad SMARTS) is 2. The first-order chi connectivity index (χ1) is 8.81. The van der Waals surface area contributed by atoms with E-state index in [0.717, 1.165) is 0 Å². The van der Waals surface area contributed by atoms with Crippen molar-refractivity contribution in [3.05, 3.63) is 0 Å². The van der Waals surface area contributed by atoms with Gasteiger partial charge in [-0.15, -0.1) is 0 Å². The van der Waals surface area contributed by atoms with Gasteiger partial charge in [-0.25, -0.2) is 0 Å². The molecule has 0 atom stereocenters. The molecule has 0 saturated heterocycles. The molecule has 8 N–H and O–H groups in total. The van der Waals surface area contributed by atoms with E-state index >= 15 is 0 Å². The summed E-state index contributed by atoms with van der Waals surface area (Å²) in [6.07, 6.45) is -1.70. The molecule has 0 heterocycles. The third kappa shape index (κ3) is 8.37. The van der Waals surface area contributed by atoms with Crippen molar-refractivity contribution in [2.45, 2.75) is 18.4 Å². The van der Waals surface area contributed by atoms with Crippen LogP contribution < -0.4 is 11.9 Å². The van der Waals surface area contributed by atoms with Crippen LogP contribution in [0.2, 0.25) is 0 Å². The summed E-state index contributed by atoms with van der Waals surface area (Å²) in [5.41, 5.74) is 3.35. The third-order valence-electron chi connectivity index (χ3n) is 2.04. The van der Waals surface area contributed by atoms with Gasteiger partial charge in [0.05, 0.1) is 32.7 Å². The first-order valence-corrected chi connectivity index (χ1v) is 5.40. The highest BCUT2D eigenvalue weighted by atomic mass is 16.6. The van der Waals surface area contributed by atoms with E-state index in [1.54, 1.807) is 0 Å². The molecule has 0 aromatic rings. The van der Waals surface area contributed by atoms with E-state index < -0.39 is 36.3 Å². The predicted octanol–water partition coefficient (Wildman–Crippen LogP) is -1.65. The summed E-state index contributed by atoms with van der Waals surface area (Å²) in [7, 11) is 0. The average molecular weight is 296 g/mol. The molecular formula is C10H20N2O8. The lowest BCUT2D eigenvalue weighted by Crippen LogP contribution is -2.52. The molecule has 10 heteroatoms. The lowest BCUT2D eigenvalue weighted by Gasteiger charge is -2.23. The number of ether oxygens (including phenoxy) is 2. The van der Waals surface area contributed by atoms with Crippen molar-refractivity contribution in [3.8, 4) is 0 Å². The van der Waals surface area contributed by atoms with Crippen molar-refractivity contribution in [2.24, 2.45) is 5.73 Å². The Labute approximate surface area is 115 Å². The van der Waals surface area contributed by atoms with Gasteiger partial charge in [0.15, 0.2) is 0 Å². The Morgan fingerprint density at radius 2 is 1.50 bits per heavy atom. The maximum Gasteiger partial charge on any atom is 0.327 e. The Morgan fingerprint density at radius 1 is 1.00 bits per heavy atom. The van der Waals surface area contributed by atoms with Gasteiger partial charge in [0.25, 0.3) is 0 Å². The Bertz CT molecular complexity index is 317. The topological polar surface area (TPSA) is 191 Å². The first kappa shape index (κ1) is 20.6. The average Bonchev–Trinajstić information content (AvgIpc) is 2.26. The lowest BCUT2D eigenvalue weighted by atomic mass is 9.92. The van der Waals surface area contributed by atoms with E-state index in [9.17, 15) is 14.4 Å². The zero-order valence-corrected chi connectivity index (χ0v) is 10.9. The van der Waals surface area contributed by atoms with E-state index in [4.69, 9.17) is 25.8 Å². The molecule has 0 aromatic carbocycles. The minimum absolute atomic E-state index is 0. The highest BCUT2D eigenvalue weighted by Crippen LogP contribution is 2.14. The molecule has 0 aliphatic carbocycles. The molecule has 0 aromatic heterocycles. The summed E-state index contributed by atoms with van der Waals surface area (Å²) in [4.78, 5) is 32.8. The molecule has 0 unspecified atom stereocenters. The van der Waals surface area contributed by atoms with Gasteiger partial charge in [0.1, 0.15) is 12.1 Å². The zero-order chi connectivity index (χ0) is 14.9. The molecule has 0 radical (unpaired) electrons. The molecule has 0 spiro atoms. The predicted molar refractivity (Wildman–Crippen MR) is 65.3 cm³/mol. The van der Waals surface area contributed by atoms with Crippen LogP contribution >= 0.6 is 0 Å². The fourth-order valence-corrected chi connectivity index (χ4v) is 1.25. The van der Waals surface area contributed by atoms with Crippen molar-refractivity contribution in [2.75, 3.05) is 26.4 Å². The number of carbonyl (C=O) groups is 3. The number of esters is 1. The van der Waals surface area contributed by atoms with Crippen LogP contribution in [0.1, 0.15) is 12.8 Å². The van der Waals surface area contributed by atoms with E-state index in [0.29, 0.717) is 0 Å². The molecule has 0 aliphatic rings. The largest absolute Gasteiger partial charge is 0.481 e. The van der Waals surface area contributed by atoms with Crippen molar-refractivity contribution < 1.29 is 39.2 Å². The number of hydrogen-bond donors (Lipinski definition) is 5. The molecule has 0 saturated carbocycles. The molecule has 20 heavy (non-hydrogen) atoms. The number of hydrogen-bond acceptors (Lipinski definition) is 8. The van der Waals surface area contributed by atoms with Gasteiger partial charge >= 0.3 is 17.9 Å². The number of carbonyl (C=O) groups excluding carboxylic acids is 1. The van der Waals surface area contributed by atoms with Crippen molar-refractivity contribution in [1.82, 2.24) is 6.15 Å². The van der Waals surface area contributed by atoms with Crippen molar-refractivity contribution in [1.29, 1.82) is 0 Å². The highest BCUT2D eigenvalue weighted by molar-refractivity contribution is 5.90. The number of aliphatic hydroxyl groups excluding tert-OH is 1. The van der Waals surface area contributed by atoms with Gasteiger partial charge in [-0.1, -0.05) is 0 Å². The van der Waals surface area contributed by atoms with Crippen LogP contribution in [-0.4, -0.2) is 65.2 Å². The molecule has 10 nitrogen and oxygen atoms in total. The monoisotopic (exact) mass is 296 g/mol. The molecule has 0 fully saturated rings. The quantitative estimate of drug-likeness (QED) is 0.230. The summed E-state index contributed by atoms with van der Waals surface area (Å²) in [5.74, 6) is -3.93. The van der Waals surface area contributed by atoms with E-state index in [1.807, 2.05) is 0 Å². The van der Waals surface area contributed by atoms with Crippen LogP contribution in [-0.2, 0) is 23.9 Å². The molecule has 0 rings (SSSR count). The van der Waals surface area contributed by atoms with Crippen LogP contribution in [0.3, 0.4) is 0 Å². The normalized spacial score (nSPS) is 10.5. The van der Waals surface area contributed by atoms with Crippen LogP contribution in [0, 0.1) is 0 Å². The standard InChI is InChI=1S/C10H17NO8.H3N/c11-10(5-7(13)14,6-8(15)16)9(17)19-4-3-18-2-1-12;/h12H,1-6,11H2,(H,13,14)(H,15,16);1H3. The fraction of sp³-hybridized carbons (Fsp3) is 0.700. The van der Waals surface area contributed by atoms with Crippen LogP contribution in [0.5, 0.6) is 0 Å². The number of aliphatic hydroxyl groups is 1. The second-order valence-electron chi connectivity index (χ2n) is 3.77. The second kappa shape index (κ2) is 10.1. The summed E-state index contributed by atoms with van der Waals surface area (Å²) >= 11 is 0. The van der Waals surface area contributed by atoms with Gasteiger partial charge in [-0.2, -0.15) is 0 Å². The fourth-order valence-electron chi connectivity index (χ4n) is 1.25. The Hall–Kier alpha value is -1.75. The van der Waals surface area contributed by atoms with Crippen LogP contribution in [0.25, 0.3) is 0 Å². The SMILES string of the molecule is N.NC(CC(=O)O)(CC(=O)O)C(=O)OCCOCCO. The number of nitrogens with two attached hydrogens (primary N) is 1. The molecule has 0 bridgehead atoms. The van der Waals surface area contributed by atoms with Gasteiger partial charge in [-0.3, -0.25) is 14.4 Å². The summed E-state index contributed by atoms with van der Waals surface area (Å²) in [6.45, 7) is -0.345. The minimum Gasteiger partial charge on any atom is -0.481 e. The van der Waals surface area contributed by atoms with Crippen LogP contribution in [0.15, 0.2) is 0 Å². The number of rotatable bonds is 10. The second-order valence-corrected chi connectivity index (χ2v) is 3.77. The molecule has 0 aliphatic heterocycles. The highest BCUT2D eigenvalue weighted by Gasteiger charge is 2.40. The Balaban J connectivity index is 0. The van der Waals surface area contributed by atoms with Gasteiger partial charge < -0.3 is 36.7 Å². The Morgan fingerprint density at radius 3 is 1.90 bits per heavy atom. The minimum atomic E-state index is -2.12.